The number of aromatic nitrogens is 2. The molecule has 1 atom stereocenters. The molecule has 0 aliphatic heterocycles. The van der Waals surface area contributed by atoms with E-state index in [-0.39, 0.29) is 11.5 Å². The number of nitrogens with zero attached hydrogens (tertiary/aromatic N) is 2. The first-order valence-corrected chi connectivity index (χ1v) is 10.1. The third kappa shape index (κ3) is 5.19. The predicted molar refractivity (Wildman–Crippen MR) is 117 cm³/mol. The Kier molecular flexibility index (Phi) is 6.61. The van der Waals surface area contributed by atoms with Crippen molar-refractivity contribution < 1.29 is 9.53 Å². The molecule has 3 rings (SSSR count). The number of thioether (sulfide) groups is 1. The van der Waals surface area contributed by atoms with Crippen LogP contribution >= 0.6 is 23.4 Å². The number of benzene rings is 2. The highest BCUT2D eigenvalue weighted by atomic mass is 35.5. The van der Waals surface area contributed by atoms with E-state index in [1.54, 1.807) is 31.2 Å². The van der Waals surface area contributed by atoms with E-state index in [0.717, 1.165) is 5.56 Å². The summed E-state index contributed by atoms with van der Waals surface area (Å²) < 4.78 is 6.44. The second-order valence-electron chi connectivity index (χ2n) is 6.36. The van der Waals surface area contributed by atoms with Crippen LogP contribution in [-0.4, -0.2) is 28.0 Å². The molecule has 150 valence electrons. The van der Waals surface area contributed by atoms with E-state index in [1.165, 1.54) is 29.6 Å². The molecule has 0 bridgehead atoms. The Bertz CT molecular complexity index is 1080. The van der Waals surface area contributed by atoms with Gasteiger partial charge in [-0.3, -0.25) is 9.59 Å². The Balaban J connectivity index is 1.73. The zero-order valence-electron chi connectivity index (χ0n) is 16.2. The minimum atomic E-state index is -0.438. The summed E-state index contributed by atoms with van der Waals surface area (Å²) in [6.07, 6.45) is 0. The number of hydrogen-bond acceptors (Lipinski definition) is 5. The summed E-state index contributed by atoms with van der Waals surface area (Å²) in [5.41, 5.74) is 2.11. The van der Waals surface area contributed by atoms with Crippen LogP contribution in [-0.2, 0) is 4.79 Å². The van der Waals surface area contributed by atoms with Crippen LogP contribution in [0.1, 0.15) is 12.5 Å². The first-order valence-electron chi connectivity index (χ1n) is 8.86. The summed E-state index contributed by atoms with van der Waals surface area (Å²) in [5, 5.41) is 7.76. The minimum absolute atomic E-state index is 0.203. The summed E-state index contributed by atoms with van der Waals surface area (Å²) in [7, 11) is 1.53. The van der Waals surface area contributed by atoms with Crippen LogP contribution in [0.25, 0.3) is 5.69 Å². The van der Waals surface area contributed by atoms with Crippen LogP contribution in [0.3, 0.4) is 0 Å². The average molecular weight is 430 g/mol. The van der Waals surface area contributed by atoms with Crippen molar-refractivity contribution in [1.29, 1.82) is 0 Å². The molecule has 0 fully saturated rings. The molecule has 0 aliphatic rings. The van der Waals surface area contributed by atoms with E-state index < -0.39 is 5.25 Å². The van der Waals surface area contributed by atoms with Gasteiger partial charge in [-0.15, -0.1) is 0 Å². The molecule has 29 heavy (non-hydrogen) atoms. The van der Waals surface area contributed by atoms with E-state index >= 15 is 0 Å². The largest absolute Gasteiger partial charge is 0.495 e. The number of hydrogen-bond donors (Lipinski definition) is 1. The molecule has 2 aromatic carbocycles. The van der Waals surface area contributed by atoms with Gasteiger partial charge in [0.05, 0.1) is 23.1 Å². The Labute approximate surface area is 177 Å². The SMILES string of the molecule is COc1ccc(NC(=O)[C@@H](C)Sc2ccc(=O)n(-c3ccc(C)cc3)n2)cc1Cl. The lowest BCUT2D eigenvalue weighted by Crippen LogP contribution is -2.24. The molecule has 0 saturated heterocycles. The molecule has 0 radical (unpaired) electrons. The third-order valence-corrected chi connectivity index (χ3v) is 5.46. The van der Waals surface area contributed by atoms with Gasteiger partial charge in [0.15, 0.2) is 0 Å². The Morgan fingerprint density at radius 2 is 1.90 bits per heavy atom. The summed E-state index contributed by atoms with van der Waals surface area (Å²) in [6.45, 7) is 3.75. The smallest absolute Gasteiger partial charge is 0.271 e. The first-order chi connectivity index (χ1) is 13.9. The van der Waals surface area contributed by atoms with Gasteiger partial charge in [-0.2, -0.15) is 9.78 Å². The number of halogens is 1. The molecule has 0 spiro atoms. The highest BCUT2D eigenvalue weighted by molar-refractivity contribution is 8.00. The maximum absolute atomic E-state index is 12.5. The fourth-order valence-corrected chi connectivity index (χ4v) is 3.61. The minimum Gasteiger partial charge on any atom is -0.495 e. The van der Waals surface area contributed by atoms with E-state index in [2.05, 4.69) is 10.4 Å². The van der Waals surface area contributed by atoms with Gasteiger partial charge in [0.25, 0.3) is 5.56 Å². The maximum Gasteiger partial charge on any atom is 0.271 e. The van der Waals surface area contributed by atoms with Gasteiger partial charge < -0.3 is 10.1 Å². The number of rotatable bonds is 6. The van der Waals surface area contributed by atoms with Gasteiger partial charge in [-0.25, -0.2) is 0 Å². The summed E-state index contributed by atoms with van der Waals surface area (Å²) in [4.78, 5) is 24.7. The van der Waals surface area contributed by atoms with E-state index in [1.807, 2.05) is 31.2 Å². The molecule has 6 nitrogen and oxygen atoms in total. The molecule has 1 N–H and O–H groups in total. The molecule has 1 amide bonds. The quantitative estimate of drug-likeness (QED) is 0.590. The molecular formula is C21H20ClN3O3S. The van der Waals surface area contributed by atoms with Crippen LogP contribution in [0.5, 0.6) is 5.75 Å². The fraction of sp³-hybridized carbons (Fsp3) is 0.190. The highest BCUT2D eigenvalue weighted by Crippen LogP contribution is 2.28. The van der Waals surface area contributed by atoms with Gasteiger partial charge in [0.2, 0.25) is 5.91 Å². The normalized spacial score (nSPS) is 11.7. The summed E-state index contributed by atoms with van der Waals surface area (Å²) in [6, 6.07) is 15.6. The fourth-order valence-electron chi connectivity index (χ4n) is 2.55. The van der Waals surface area contributed by atoms with Crippen molar-refractivity contribution in [2.24, 2.45) is 0 Å². The number of ether oxygens (including phenoxy) is 1. The number of methoxy groups -OCH3 is 1. The number of carbonyl (C=O) groups excluding carboxylic acids is 1. The summed E-state index contributed by atoms with van der Waals surface area (Å²) in [5.74, 6) is 0.334. The van der Waals surface area contributed by atoms with Crippen molar-refractivity contribution >= 4 is 35.0 Å². The molecule has 0 unspecified atom stereocenters. The standard InChI is InChI=1S/C21H20ClN3O3S/c1-13-4-7-16(8-5-13)25-20(26)11-10-19(24-25)29-14(2)21(27)23-15-6-9-18(28-3)17(22)12-15/h4-12,14H,1-3H3,(H,23,27)/t14-/m1/s1. The number of carbonyl (C=O) groups is 1. The zero-order valence-corrected chi connectivity index (χ0v) is 17.8. The lowest BCUT2D eigenvalue weighted by atomic mass is 10.2. The molecule has 8 heteroatoms. The maximum atomic E-state index is 12.5. The van der Waals surface area contributed by atoms with Gasteiger partial charge >= 0.3 is 0 Å². The van der Waals surface area contributed by atoms with Crippen LogP contribution in [0.2, 0.25) is 5.02 Å². The van der Waals surface area contributed by atoms with Crippen LogP contribution in [0.4, 0.5) is 5.69 Å². The molecule has 1 aromatic heterocycles. The van der Waals surface area contributed by atoms with Gasteiger partial charge in [-0.05, 0) is 50.2 Å². The number of anilines is 1. The second kappa shape index (κ2) is 9.15. The highest BCUT2D eigenvalue weighted by Gasteiger charge is 2.17. The van der Waals surface area contributed by atoms with Crippen molar-refractivity contribution in [3.05, 3.63) is 75.5 Å². The first kappa shape index (κ1) is 21.0. The number of aryl methyl sites for hydroxylation is 1. The number of amides is 1. The lowest BCUT2D eigenvalue weighted by molar-refractivity contribution is -0.115. The van der Waals surface area contributed by atoms with Crippen molar-refractivity contribution in [3.8, 4) is 11.4 Å². The van der Waals surface area contributed by atoms with Crippen molar-refractivity contribution in [1.82, 2.24) is 9.78 Å². The average Bonchev–Trinajstić information content (AvgIpc) is 2.70. The molecule has 0 aliphatic carbocycles. The molecule has 3 aromatic rings. The molecular weight excluding hydrogens is 410 g/mol. The molecule has 1 heterocycles. The van der Waals surface area contributed by atoms with Gasteiger partial charge in [-0.1, -0.05) is 41.1 Å². The molecule has 0 saturated carbocycles. The Hall–Kier alpha value is -2.77. The zero-order chi connectivity index (χ0) is 21.0. The topological polar surface area (TPSA) is 73.2 Å². The van der Waals surface area contributed by atoms with E-state index in [9.17, 15) is 9.59 Å². The van der Waals surface area contributed by atoms with E-state index in [0.29, 0.717) is 27.2 Å². The number of nitrogens with one attached hydrogen (secondary N) is 1. The van der Waals surface area contributed by atoms with Gasteiger partial charge in [0.1, 0.15) is 10.8 Å². The Morgan fingerprint density at radius 1 is 1.17 bits per heavy atom. The van der Waals surface area contributed by atoms with Crippen LogP contribution < -0.4 is 15.6 Å². The van der Waals surface area contributed by atoms with Crippen molar-refractivity contribution in [2.75, 3.05) is 12.4 Å². The summed E-state index contributed by atoms with van der Waals surface area (Å²) >= 11 is 7.36. The second-order valence-corrected chi connectivity index (χ2v) is 8.12. The van der Waals surface area contributed by atoms with Crippen LogP contribution in [0, 0.1) is 6.92 Å². The van der Waals surface area contributed by atoms with Crippen molar-refractivity contribution in [3.63, 3.8) is 0 Å². The third-order valence-electron chi connectivity index (χ3n) is 4.14. The van der Waals surface area contributed by atoms with Gasteiger partial charge in [0, 0.05) is 11.8 Å². The predicted octanol–water partition coefficient (Wildman–Crippen LogP) is 4.32. The Morgan fingerprint density at radius 3 is 2.55 bits per heavy atom. The monoisotopic (exact) mass is 429 g/mol. The van der Waals surface area contributed by atoms with E-state index in [4.69, 9.17) is 16.3 Å². The lowest BCUT2D eigenvalue weighted by Gasteiger charge is -2.13. The van der Waals surface area contributed by atoms with Crippen LogP contribution in [0.15, 0.2) is 64.4 Å². The van der Waals surface area contributed by atoms with Crippen molar-refractivity contribution in [2.45, 2.75) is 24.1 Å².